The fourth-order valence-corrected chi connectivity index (χ4v) is 2.97. The third-order valence-corrected chi connectivity index (χ3v) is 4.44. The third-order valence-electron chi connectivity index (χ3n) is 2.32. The lowest BCUT2D eigenvalue weighted by Crippen LogP contribution is -2.27. The molecule has 0 spiro atoms. The minimum absolute atomic E-state index is 0.0567. The molecule has 7 nitrogen and oxygen atoms in total. The van der Waals surface area contributed by atoms with Gasteiger partial charge in [0.1, 0.15) is 10.3 Å². The average molecular weight is 300 g/mol. The Hall–Kier alpha value is -1.48. The molecule has 1 fully saturated rings. The van der Waals surface area contributed by atoms with Gasteiger partial charge in [-0.25, -0.2) is 0 Å². The van der Waals surface area contributed by atoms with Crippen molar-refractivity contribution < 1.29 is 14.4 Å². The second kappa shape index (κ2) is 5.66. The highest BCUT2D eigenvalue weighted by Crippen LogP contribution is 2.24. The molecule has 2 heterocycles. The Morgan fingerprint density at radius 3 is 2.68 bits per heavy atom. The summed E-state index contributed by atoms with van der Waals surface area (Å²) in [7, 11) is 0. The molecule has 0 aromatic carbocycles. The quantitative estimate of drug-likeness (QED) is 0.870. The minimum atomic E-state index is -0.662. The lowest BCUT2D eigenvalue weighted by molar-refractivity contribution is -0.122. The van der Waals surface area contributed by atoms with Crippen molar-refractivity contribution in [1.82, 2.24) is 15.5 Å². The number of anilines is 1. The lowest BCUT2D eigenvalue weighted by atomic mass is 10.2. The van der Waals surface area contributed by atoms with Crippen LogP contribution in [-0.2, 0) is 9.59 Å². The summed E-state index contributed by atoms with van der Waals surface area (Å²) < 4.78 is 0. The summed E-state index contributed by atoms with van der Waals surface area (Å²) in [6, 6.07) is 0. The first kappa shape index (κ1) is 13.9. The number of hydrogen-bond acceptors (Lipinski definition) is 7. The molecule has 3 amide bonds. The molecule has 19 heavy (non-hydrogen) atoms. The van der Waals surface area contributed by atoms with E-state index in [0.29, 0.717) is 5.13 Å². The standard InChI is InChI=1S/C10H12N4O3S2/c1-4(2)8-13-14-9(19-8)11-6(15)3-5-7(16)12-10(17)18-5/h4-5H,3H2,1-2H3,(H,11,14,15)(H,12,16,17)/t5-/m0/s1. The van der Waals surface area contributed by atoms with Crippen LogP contribution in [-0.4, -0.2) is 32.5 Å². The number of rotatable bonds is 4. The molecular weight excluding hydrogens is 288 g/mol. The summed E-state index contributed by atoms with van der Waals surface area (Å²) in [6.45, 7) is 3.97. The van der Waals surface area contributed by atoms with Crippen LogP contribution in [0.15, 0.2) is 0 Å². The first-order chi connectivity index (χ1) is 8.95. The molecule has 0 saturated carbocycles. The van der Waals surface area contributed by atoms with Gasteiger partial charge in [-0.2, -0.15) is 0 Å². The second-order valence-corrected chi connectivity index (χ2v) is 6.42. The molecule has 2 rings (SSSR count). The predicted molar refractivity (Wildman–Crippen MR) is 72.2 cm³/mol. The fraction of sp³-hybridized carbons (Fsp3) is 0.500. The first-order valence-electron chi connectivity index (χ1n) is 5.60. The van der Waals surface area contributed by atoms with Gasteiger partial charge in [0.25, 0.3) is 5.24 Å². The highest BCUT2D eigenvalue weighted by atomic mass is 32.2. The molecule has 1 aromatic rings. The molecule has 0 aliphatic carbocycles. The summed E-state index contributed by atoms with van der Waals surface area (Å²) in [5.74, 6) is -0.531. The maximum atomic E-state index is 11.7. The van der Waals surface area contributed by atoms with E-state index < -0.39 is 16.4 Å². The maximum Gasteiger partial charge on any atom is 0.286 e. The van der Waals surface area contributed by atoms with Crippen LogP contribution >= 0.6 is 23.1 Å². The van der Waals surface area contributed by atoms with Crippen LogP contribution in [0.2, 0.25) is 0 Å². The van der Waals surface area contributed by atoms with E-state index in [4.69, 9.17) is 0 Å². The van der Waals surface area contributed by atoms with Crippen molar-refractivity contribution >= 4 is 45.3 Å². The van der Waals surface area contributed by atoms with Gasteiger partial charge in [-0.1, -0.05) is 36.9 Å². The summed E-state index contributed by atoms with van der Waals surface area (Å²) >= 11 is 2.13. The van der Waals surface area contributed by atoms with Crippen LogP contribution in [0.25, 0.3) is 0 Å². The zero-order valence-electron chi connectivity index (χ0n) is 10.3. The molecule has 9 heteroatoms. The van der Waals surface area contributed by atoms with Gasteiger partial charge in [-0.05, 0) is 0 Å². The van der Waals surface area contributed by atoms with Crippen LogP contribution in [0.1, 0.15) is 31.2 Å². The highest BCUT2D eigenvalue weighted by molar-refractivity contribution is 8.15. The van der Waals surface area contributed by atoms with E-state index in [-0.39, 0.29) is 18.2 Å². The van der Waals surface area contributed by atoms with E-state index in [1.54, 1.807) is 0 Å². The van der Waals surface area contributed by atoms with Gasteiger partial charge in [0.15, 0.2) is 0 Å². The summed E-state index contributed by atoms with van der Waals surface area (Å²) in [5, 5.41) is 12.7. The molecule has 0 unspecified atom stereocenters. The Morgan fingerprint density at radius 1 is 1.42 bits per heavy atom. The van der Waals surface area contributed by atoms with Crippen molar-refractivity contribution in [1.29, 1.82) is 0 Å². The molecule has 1 aromatic heterocycles. The van der Waals surface area contributed by atoms with E-state index in [0.717, 1.165) is 16.8 Å². The number of hydrogen-bond donors (Lipinski definition) is 2. The monoisotopic (exact) mass is 300 g/mol. The smallest absolute Gasteiger partial charge is 0.286 e. The van der Waals surface area contributed by atoms with Gasteiger partial charge in [0.2, 0.25) is 16.9 Å². The second-order valence-electron chi connectivity index (χ2n) is 4.24. The summed E-state index contributed by atoms with van der Waals surface area (Å²) in [4.78, 5) is 34.0. The normalized spacial score (nSPS) is 18.8. The Morgan fingerprint density at radius 2 is 2.16 bits per heavy atom. The van der Waals surface area contributed by atoms with Crippen LogP contribution < -0.4 is 10.6 Å². The zero-order valence-corrected chi connectivity index (χ0v) is 11.9. The lowest BCUT2D eigenvalue weighted by Gasteiger charge is -2.03. The van der Waals surface area contributed by atoms with Gasteiger partial charge in [0.05, 0.1) is 0 Å². The predicted octanol–water partition coefficient (Wildman–Crippen LogP) is 1.34. The number of aromatic nitrogens is 2. The molecule has 2 N–H and O–H groups in total. The Balaban J connectivity index is 1.90. The van der Waals surface area contributed by atoms with Crippen molar-refractivity contribution in [3.63, 3.8) is 0 Å². The highest BCUT2D eigenvalue weighted by Gasteiger charge is 2.33. The van der Waals surface area contributed by atoms with E-state index >= 15 is 0 Å². The Bertz CT molecular complexity index is 529. The van der Waals surface area contributed by atoms with E-state index in [2.05, 4.69) is 20.8 Å². The average Bonchev–Trinajstić information content (AvgIpc) is 2.87. The van der Waals surface area contributed by atoms with Gasteiger partial charge >= 0.3 is 0 Å². The van der Waals surface area contributed by atoms with Gasteiger partial charge < -0.3 is 5.32 Å². The topological polar surface area (TPSA) is 101 Å². The maximum absolute atomic E-state index is 11.7. The molecule has 1 aliphatic rings. The number of carbonyl (C=O) groups is 3. The van der Waals surface area contributed by atoms with Crippen LogP contribution in [0, 0.1) is 0 Å². The van der Waals surface area contributed by atoms with Gasteiger partial charge in [-0.3, -0.25) is 19.7 Å². The number of thioether (sulfide) groups is 1. The van der Waals surface area contributed by atoms with Crippen molar-refractivity contribution in [2.45, 2.75) is 31.4 Å². The molecule has 1 saturated heterocycles. The van der Waals surface area contributed by atoms with Crippen LogP contribution in [0.3, 0.4) is 0 Å². The molecular formula is C10H12N4O3S2. The SMILES string of the molecule is CC(C)c1nnc(NC(=O)C[C@@H]2SC(=O)NC2=O)s1. The number of carbonyl (C=O) groups excluding carboxylic acids is 3. The van der Waals surface area contributed by atoms with Crippen LogP contribution in [0.4, 0.5) is 9.93 Å². The minimum Gasteiger partial charge on any atom is -0.300 e. The van der Waals surface area contributed by atoms with Gasteiger partial charge in [0, 0.05) is 12.3 Å². The van der Waals surface area contributed by atoms with Crippen molar-refractivity contribution in [2.24, 2.45) is 0 Å². The van der Waals surface area contributed by atoms with E-state index in [9.17, 15) is 14.4 Å². The van der Waals surface area contributed by atoms with E-state index in [1.165, 1.54) is 11.3 Å². The van der Waals surface area contributed by atoms with Crippen LogP contribution in [0.5, 0.6) is 0 Å². The number of imide groups is 1. The number of amides is 3. The summed E-state index contributed by atoms with van der Waals surface area (Å²) in [5.41, 5.74) is 0. The Labute approximate surface area is 117 Å². The van der Waals surface area contributed by atoms with Crippen molar-refractivity contribution in [3.8, 4) is 0 Å². The van der Waals surface area contributed by atoms with Crippen molar-refractivity contribution in [2.75, 3.05) is 5.32 Å². The zero-order chi connectivity index (χ0) is 14.0. The molecule has 102 valence electrons. The molecule has 0 bridgehead atoms. The molecule has 1 aliphatic heterocycles. The largest absolute Gasteiger partial charge is 0.300 e. The van der Waals surface area contributed by atoms with Gasteiger partial charge in [-0.15, -0.1) is 10.2 Å². The summed E-state index contributed by atoms with van der Waals surface area (Å²) in [6.07, 6.45) is -0.0567. The number of nitrogens with one attached hydrogen (secondary N) is 2. The first-order valence-corrected chi connectivity index (χ1v) is 7.30. The third kappa shape index (κ3) is 3.51. The molecule has 1 atom stereocenters. The Kier molecular flexibility index (Phi) is 4.15. The fourth-order valence-electron chi connectivity index (χ4n) is 1.38. The molecule has 0 radical (unpaired) electrons. The number of nitrogens with zero attached hydrogens (tertiary/aromatic N) is 2. The van der Waals surface area contributed by atoms with Crippen molar-refractivity contribution in [3.05, 3.63) is 5.01 Å². The van der Waals surface area contributed by atoms with E-state index in [1.807, 2.05) is 13.8 Å².